The standard InChI is InChI=1S/C20H15F3O8S2/c1-29-19(24)17-14(12-32(25,26)15-5-3-2-4-6-15)7-8-16(13-9-10-30-11-13)18(17)31-33(27,28)20(21,22)23/h2-11H,12H2,1H3. The molecule has 0 aliphatic heterocycles. The van der Waals surface area contributed by atoms with E-state index in [0.29, 0.717) is 0 Å². The highest BCUT2D eigenvalue weighted by atomic mass is 32.2. The third kappa shape index (κ3) is 5.03. The first kappa shape index (κ1) is 24.3. The number of alkyl halides is 3. The maximum atomic E-state index is 13.1. The minimum Gasteiger partial charge on any atom is -0.472 e. The van der Waals surface area contributed by atoms with Gasteiger partial charge in [0.25, 0.3) is 0 Å². The van der Waals surface area contributed by atoms with Crippen molar-refractivity contribution in [3.05, 3.63) is 72.2 Å². The van der Waals surface area contributed by atoms with Crippen LogP contribution < -0.4 is 4.18 Å². The summed E-state index contributed by atoms with van der Waals surface area (Å²) in [4.78, 5) is 12.4. The molecule has 0 N–H and O–H groups in total. The number of methoxy groups -OCH3 is 1. The topological polar surface area (TPSA) is 117 Å². The molecule has 0 saturated heterocycles. The van der Waals surface area contributed by atoms with Gasteiger partial charge in [-0.2, -0.15) is 21.6 Å². The van der Waals surface area contributed by atoms with Crippen molar-refractivity contribution < 1.29 is 48.1 Å². The highest BCUT2D eigenvalue weighted by molar-refractivity contribution is 7.90. The van der Waals surface area contributed by atoms with Gasteiger partial charge in [-0.1, -0.05) is 30.3 Å². The van der Waals surface area contributed by atoms with E-state index in [1.54, 1.807) is 6.07 Å². The molecule has 0 saturated carbocycles. The van der Waals surface area contributed by atoms with E-state index in [9.17, 15) is 34.8 Å². The summed E-state index contributed by atoms with van der Waals surface area (Å²) in [6, 6.07) is 10.6. The van der Waals surface area contributed by atoms with Crippen LogP contribution >= 0.6 is 0 Å². The van der Waals surface area contributed by atoms with E-state index in [1.807, 2.05) is 0 Å². The van der Waals surface area contributed by atoms with Crippen LogP contribution in [0.4, 0.5) is 13.2 Å². The fraction of sp³-hybridized carbons (Fsp3) is 0.150. The first-order valence-corrected chi connectivity index (χ1v) is 12.0. The van der Waals surface area contributed by atoms with Gasteiger partial charge in [-0.3, -0.25) is 0 Å². The zero-order valence-electron chi connectivity index (χ0n) is 16.7. The molecule has 3 rings (SSSR count). The second-order valence-corrected chi connectivity index (χ2v) is 10.1. The van der Waals surface area contributed by atoms with Gasteiger partial charge in [0.1, 0.15) is 5.56 Å². The fourth-order valence-corrected chi connectivity index (χ4v) is 4.75. The first-order chi connectivity index (χ1) is 15.4. The summed E-state index contributed by atoms with van der Waals surface area (Å²) in [5.41, 5.74) is -7.13. The molecule has 0 radical (unpaired) electrons. The Labute approximate surface area is 186 Å². The van der Waals surface area contributed by atoms with Gasteiger partial charge in [-0.25, -0.2) is 13.2 Å². The van der Waals surface area contributed by atoms with Crippen LogP contribution in [0.1, 0.15) is 15.9 Å². The van der Waals surface area contributed by atoms with Gasteiger partial charge in [0.2, 0.25) is 0 Å². The third-order valence-electron chi connectivity index (χ3n) is 4.39. The van der Waals surface area contributed by atoms with Crippen molar-refractivity contribution in [3.8, 4) is 16.9 Å². The van der Waals surface area contributed by atoms with E-state index in [1.165, 1.54) is 30.3 Å². The molecular weight excluding hydrogens is 489 g/mol. The van der Waals surface area contributed by atoms with Crippen LogP contribution in [0, 0.1) is 0 Å². The Bertz CT molecular complexity index is 1360. The predicted molar refractivity (Wildman–Crippen MR) is 108 cm³/mol. The molecule has 176 valence electrons. The summed E-state index contributed by atoms with van der Waals surface area (Å²) in [6.45, 7) is 0. The molecule has 13 heteroatoms. The maximum absolute atomic E-state index is 13.1. The molecule has 1 heterocycles. The minimum atomic E-state index is -6.23. The number of carbonyl (C=O) groups is 1. The van der Waals surface area contributed by atoms with Crippen LogP contribution in [0.15, 0.2) is 70.4 Å². The Hall–Kier alpha value is -3.32. The normalized spacial score (nSPS) is 12.4. The molecule has 0 amide bonds. The molecule has 0 bridgehead atoms. The average molecular weight is 504 g/mol. The summed E-state index contributed by atoms with van der Waals surface area (Å²) in [7, 11) is -9.42. The van der Waals surface area contributed by atoms with Crippen molar-refractivity contribution in [2.24, 2.45) is 0 Å². The van der Waals surface area contributed by atoms with Crippen LogP contribution in [-0.4, -0.2) is 35.4 Å². The summed E-state index contributed by atoms with van der Waals surface area (Å²) in [5, 5.41) is 0. The molecule has 0 fully saturated rings. The van der Waals surface area contributed by atoms with Crippen molar-refractivity contribution in [1.29, 1.82) is 0 Å². The van der Waals surface area contributed by atoms with E-state index in [4.69, 9.17) is 4.42 Å². The van der Waals surface area contributed by atoms with Crippen molar-refractivity contribution in [2.45, 2.75) is 16.2 Å². The number of halogens is 3. The summed E-state index contributed by atoms with van der Waals surface area (Å²) in [5.74, 6) is -3.19. The highest BCUT2D eigenvalue weighted by Crippen LogP contribution is 2.40. The van der Waals surface area contributed by atoms with Gasteiger partial charge < -0.3 is 13.3 Å². The third-order valence-corrected chi connectivity index (χ3v) is 7.02. The average Bonchev–Trinajstić information content (AvgIpc) is 3.27. The molecule has 3 aromatic rings. The lowest BCUT2D eigenvalue weighted by Gasteiger charge is -2.18. The number of esters is 1. The molecule has 2 aromatic carbocycles. The molecule has 33 heavy (non-hydrogen) atoms. The van der Waals surface area contributed by atoms with Crippen LogP contribution in [0.5, 0.6) is 5.75 Å². The molecule has 0 aliphatic rings. The van der Waals surface area contributed by atoms with E-state index in [-0.39, 0.29) is 21.6 Å². The maximum Gasteiger partial charge on any atom is 0.534 e. The van der Waals surface area contributed by atoms with Crippen molar-refractivity contribution in [3.63, 3.8) is 0 Å². The number of hydrogen-bond acceptors (Lipinski definition) is 8. The smallest absolute Gasteiger partial charge is 0.472 e. The Kier molecular flexibility index (Phi) is 6.56. The summed E-state index contributed by atoms with van der Waals surface area (Å²) < 4.78 is 102. The number of ether oxygens (including phenoxy) is 1. The van der Waals surface area contributed by atoms with Crippen molar-refractivity contribution in [1.82, 2.24) is 0 Å². The van der Waals surface area contributed by atoms with Gasteiger partial charge in [0, 0.05) is 11.1 Å². The molecule has 0 aliphatic carbocycles. The van der Waals surface area contributed by atoms with Crippen LogP contribution in [-0.2, 0) is 30.4 Å². The zero-order chi connectivity index (χ0) is 24.4. The van der Waals surface area contributed by atoms with Crippen LogP contribution in [0.3, 0.4) is 0 Å². The first-order valence-electron chi connectivity index (χ1n) is 8.92. The Morgan fingerprint density at radius 1 is 1.00 bits per heavy atom. The van der Waals surface area contributed by atoms with Crippen molar-refractivity contribution >= 4 is 25.9 Å². The number of benzene rings is 2. The molecule has 0 atom stereocenters. The van der Waals surface area contributed by atoms with Gasteiger partial charge in [0.15, 0.2) is 15.6 Å². The quantitative estimate of drug-likeness (QED) is 0.270. The summed E-state index contributed by atoms with van der Waals surface area (Å²) in [6.07, 6.45) is 2.23. The molecular formula is C20H15F3O8S2. The zero-order valence-corrected chi connectivity index (χ0v) is 18.3. The number of furan rings is 1. The molecule has 1 aromatic heterocycles. The predicted octanol–water partition coefficient (Wildman–Crippen LogP) is 3.94. The molecule has 8 nitrogen and oxygen atoms in total. The van der Waals surface area contributed by atoms with Crippen molar-refractivity contribution in [2.75, 3.05) is 7.11 Å². The highest BCUT2D eigenvalue weighted by Gasteiger charge is 2.49. The van der Waals surface area contributed by atoms with E-state index in [0.717, 1.165) is 31.8 Å². The lowest BCUT2D eigenvalue weighted by molar-refractivity contribution is -0.0500. The largest absolute Gasteiger partial charge is 0.534 e. The monoisotopic (exact) mass is 504 g/mol. The SMILES string of the molecule is COC(=O)c1c(CS(=O)(=O)c2ccccc2)ccc(-c2ccoc2)c1OS(=O)(=O)C(F)(F)F. The Balaban J connectivity index is 2.27. The second kappa shape index (κ2) is 8.90. The van der Waals surface area contributed by atoms with E-state index >= 15 is 0 Å². The van der Waals surface area contributed by atoms with E-state index < -0.39 is 48.5 Å². The lowest BCUT2D eigenvalue weighted by atomic mass is 9.99. The lowest BCUT2D eigenvalue weighted by Crippen LogP contribution is -2.29. The molecule has 0 spiro atoms. The number of carbonyl (C=O) groups excluding carboxylic acids is 1. The minimum absolute atomic E-state index is 0.0741. The van der Waals surface area contributed by atoms with Gasteiger partial charge in [-0.05, 0) is 23.8 Å². The van der Waals surface area contributed by atoms with Gasteiger partial charge >= 0.3 is 21.6 Å². The Morgan fingerprint density at radius 2 is 1.67 bits per heavy atom. The van der Waals surface area contributed by atoms with Crippen LogP contribution in [0.25, 0.3) is 11.1 Å². The van der Waals surface area contributed by atoms with Gasteiger partial charge in [-0.15, -0.1) is 0 Å². The van der Waals surface area contributed by atoms with E-state index in [2.05, 4.69) is 8.92 Å². The number of rotatable bonds is 7. The number of hydrogen-bond donors (Lipinski definition) is 0. The molecule has 0 unspecified atom stereocenters. The fourth-order valence-electron chi connectivity index (χ4n) is 2.87. The number of sulfone groups is 1. The summed E-state index contributed by atoms with van der Waals surface area (Å²) >= 11 is 0. The van der Waals surface area contributed by atoms with Gasteiger partial charge in [0.05, 0.1) is 30.3 Å². The Morgan fingerprint density at radius 3 is 2.21 bits per heavy atom. The van der Waals surface area contributed by atoms with Crippen LogP contribution in [0.2, 0.25) is 0 Å². The second-order valence-electron chi connectivity index (χ2n) is 6.54.